The number of aliphatic hydroxyl groups is 1. The second-order valence-electron chi connectivity index (χ2n) is 6.20. The third-order valence-electron chi connectivity index (χ3n) is 4.48. The van der Waals surface area contributed by atoms with Crippen LogP contribution >= 0.6 is 0 Å². The lowest BCUT2D eigenvalue weighted by molar-refractivity contribution is -0.140. The summed E-state index contributed by atoms with van der Waals surface area (Å²) < 4.78 is 10.5. The summed E-state index contributed by atoms with van der Waals surface area (Å²) in [5, 5.41) is 10.9. The highest BCUT2D eigenvalue weighted by atomic mass is 16.5. The number of amides is 1. The first-order chi connectivity index (χ1) is 13.6. The van der Waals surface area contributed by atoms with Gasteiger partial charge in [-0.15, -0.1) is 0 Å². The van der Waals surface area contributed by atoms with Gasteiger partial charge < -0.3 is 19.5 Å². The Labute approximate surface area is 163 Å². The number of aliphatic hydroxyl groups excluding tert-OH is 1. The van der Waals surface area contributed by atoms with Crippen molar-refractivity contribution in [1.82, 2.24) is 9.88 Å². The van der Waals surface area contributed by atoms with Crippen LogP contribution in [0, 0.1) is 0 Å². The second kappa shape index (κ2) is 8.67. The number of methoxy groups -OCH3 is 1. The summed E-state index contributed by atoms with van der Waals surface area (Å²) in [6, 6.07) is 11.2. The van der Waals surface area contributed by atoms with E-state index in [1.165, 1.54) is 12.0 Å². The van der Waals surface area contributed by atoms with Crippen LogP contribution in [0.3, 0.4) is 0 Å². The first-order valence-corrected chi connectivity index (χ1v) is 9.00. The summed E-state index contributed by atoms with van der Waals surface area (Å²) in [7, 11) is 1.52. The van der Waals surface area contributed by atoms with Gasteiger partial charge in [0.1, 0.15) is 17.6 Å². The number of pyridine rings is 1. The molecule has 1 aliphatic rings. The molecule has 0 spiro atoms. The third kappa shape index (κ3) is 3.75. The summed E-state index contributed by atoms with van der Waals surface area (Å²) in [4.78, 5) is 31.0. The zero-order valence-electron chi connectivity index (χ0n) is 15.8. The molecular formula is C21H22N2O5. The summed E-state index contributed by atoms with van der Waals surface area (Å²) in [6.45, 7) is 2.87. The van der Waals surface area contributed by atoms with E-state index in [0.29, 0.717) is 23.6 Å². The topological polar surface area (TPSA) is 89.0 Å². The molecule has 0 saturated carbocycles. The highest BCUT2D eigenvalue weighted by Gasteiger charge is 2.46. The molecule has 28 heavy (non-hydrogen) atoms. The van der Waals surface area contributed by atoms with Crippen LogP contribution in [0.2, 0.25) is 0 Å². The Morgan fingerprint density at radius 3 is 2.54 bits per heavy atom. The Morgan fingerprint density at radius 1 is 1.18 bits per heavy atom. The lowest BCUT2D eigenvalue weighted by Crippen LogP contribution is -2.33. The van der Waals surface area contributed by atoms with Gasteiger partial charge in [-0.3, -0.25) is 14.6 Å². The molecule has 2 heterocycles. The zero-order chi connectivity index (χ0) is 20.1. The molecule has 1 N–H and O–H groups in total. The van der Waals surface area contributed by atoms with E-state index < -0.39 is 17.7 Å². The third-order valence-corrected chi connectivity index (χ3v) is 4.48. The molecule has 0 radical (unpaired) electrons. The van der Waals surface area contributed by atoms with Gasteiger partial charge in [-0.05, 0) is 43.3 Å². The average molecular weight is 382 g/mol. The fourth-order valence-corrected chi connectivity index (χ4v) is 3.18. The zero-order valence-corrected chi connectivity index (χ0v) is 15.8. The maximum Gasteiger partial charge on any atom is 0.295 e. The Kier molecular flexibility index (Phi) is 6.06. The Bertz CT molecular complexity index is 877. The van der Waals surface area contributed by atoms with Crippen molar-refractivity contribution in [2.45, 2.75) is 13.0 Å². The van der Waals surface area contributed by atoms with Crippen molar-refractivity contribution in [3.05, 3.63) is 65.5 Å². The van der Waals surface area contributed by atoms with Crippen LogP contribution in [0.4, 0.5) is 0 Å². The minimum atomic E-state index is -0.775. The number of rotatable bonds is 7. The van der Waals surface area contributed by atoms with Crippen LogP contribution in [-0.4, -0.2) is 53.5 Å². The summed E-state index contributed by atoms with van der Waals surface area (Å²) in [5.74, 6) is -1.00. The van der Waals surface area contributed by atoms with E-state index >= 15 is 0 Å². The Balaban J connectivity index is 2.08. The molecule has 1 aromatic heterocycles. The van der Waals surface area contributed by atoms with Gasteiger partial charge in [0.15, 0.2) is 0 Å². The van der Waals surface area contributed by atoms with Gasteiger partial charge in [-0.2, -0.15) is 0 Å². The van der Waals surface area contributed by atoms with Gasteiger partial charge in [-0.1, -0.05) is 6.07 Å². The van der Waals surface area contributed by atoms with E-state index in [0.717, 1.165) is 0 Å². The van der Waals surface area contributed by atoms with E-state index in [4.69, 9.17) is 9.47 Å². The smallest absolute Gasteiger partial charge is 0.295 e. The molecule has 0 bridgehead atoms. The number of nitrogens with zero attached hydrogens (tertiary/aromatic N) is 2. The maximum atomic E-state index is 12.7. The van der Waals surface area contributed by atoms with Crippen molar-refractivity contribution >= 4 is 17.4 Å². The van der Waals surface area contributed by atoms with Crippen LogP contribution in [0.5, 0.6) is 5.75 Å². The van der Waals surface area contributed by atoms with E-state index in [2.05, 4.69) is 4.98 Å². The molecule has 1 amide bonds. The predicted molar refractivity (Wildman–Crippen MR) is 103 cm³/mol. The van der Waals surface area contributed by atoms with Gasteiger partial charge in [0.05, 0.1) is 24.5 Å². The lowest BCUT2D eigenvalue weighted by atomic mass is 9.98. The number of carbonyl (C=O) groups excluding carboxylic acids is 2. The van der Waals surface area contributed by atoms with Gasteiger partial charge in [0.2, 0.25) is 0 Å². The number of benzene rings is 1. The number of hydrogen-bond acceptors (Lipinski definition) is 6. The molecule has 7 nitrogen and oxygen atoms in total. The van der Waals surface area contributed by atoms with Crippen molar-refractivity contribution < 1.29 is 24.2 Å². The standard InChI is InChI=1S/C21H22N2O5/c1-3-28-15-9-7-14(8-10-15)19(24)17-18(16-6-4-5-11-22-16)23(12-13-27-2)21(26)20(17)25/h4-11,18,24H,3,12-13H2,1-2H3/b19-17-. The maximum absolute atomic E-state index is 12.7. The molecule has 3 rings (SSSR count). The molecule has 1 aromatic carbocycles. The molecule has 146 valence electrons. The van der Waals surface area contributed by atoms with Gasteiger partial charge in [-0.25, -0.2) is 0 Å². The monoisotopic (exact) mass is 382 g/mol. The summed E-state index contributed by atoms with van der Waals surface area (Å²) >= 11 is 0. The van der Waals surface area contributed by atoms with Crippen molar-refractivity contribution in [1.29, 1.82) is 0 Å². The molecule has 1 fully saturated rings. The number of ether oxygens (including phenoxy) is 2. The van der Waals surface area contributed by atoms with Gasteiger partial charge >= 0.3 is 0 Å². The molecule has 7 heteroatoms. The van der Waals surface area contributed by atoms with E-state index in [1.54, 1.807) is 48.7 Å². The van der Waals surface area contributed by atoms with Gasteiger partial charge in [0.25, 0.3) is 11.7 Å². The van der Waals surface area contributed by atoms with E-state index in [1.807, 2.05) is 6.92 Å². The average Bonchev–Trinajstić information content (AvgIpc) is 2.98. The van der Waals surface area contributed by atoms with E-state index in [-0.39, 0.29) is 24.5 Å². The second-order valence-corrected chi connectivity index (χ2v) is 6.20. The molecule has 1 unspecified atom stereocenters. The minimum absolute atomic E-state index is 0.0176. The van der Waals surface area contributed by atoms with Crippen LogP contribution < -0.4 is 4.74 Å². The Morgan fingerprint density at radius 2 is 1.93 bits per heavy atom. The molecule has 1 atom stereocenters. The van der Waals surface area contributed by atoms with Crippen molar-refractivity contribution in [3.8, 4) is 5.75 Å². The number of hydrogen-bond donors (Lipinski definition) is 1. The first-order valence-electron chi connectivity index (χ1n) is 9.00. The van der Waals surface area contributed by atoms with Gasteiger partial charge in [0, 0.05) is 25.4 Å². The van der Waals surface area contributed by atoms with Crippen LogP contribution in [0.1, 0.15) is 24.2 Å². The number of likely N-dealkylation sites (tertiary alicyclic amines) is 1. The van der Waals surface area contributed by atoms with E-state index in [9.17, 15) is 14.7 Å². The first kappa shape index (κ1) is 19.6. The minimum Gasteiger partial charge on any atom is -0.507 e. The fourth-order valence-electron chi connectivity index (χ4n) is 3.18. The normalized spacial score (nSPS) is 18.5. The quantitative estimate of drug-likeness (QED) is 0.450. The van der Waals surface area contributed by atoms with Crippen molar-refractivity contribution in [3.63, 3.8) is 0 Å². The number of ketones is 1. The Hall–Kier alpha value is -3.19. The SMILES string of the molecule is CCOc1ccc(/C(O)=C2/C(=O)C(=O)N(CCOC)C2c2ccccn2)cc1. The molecule has 1 aliphatic heterocycles. The van der Waals surface area contributed by atoms with Crippen LogP contribution in [0.25, 0.3) is 5.76 Å². The largest absolute Gasteiger partial charge is 0.507 e. The van der Waals surface area contributed by atoms with Crippen LogP contribution in [-0.2, 0) is 14.3 Å². The molecule has 2 aromatic rings. The van der Waals surface area contributed by atoms with Crippen molar-refractivity contribution in [2.75, 3.05) is 26.9 Å². The number of carbonyl (C=O) groups is 2. The lowest BCUT2D eigenvalue weighted by Gasteiger charge is -2.24. The van der Waals surface area contributed by atoms with Crippen LogP contribution in [0.15, 0.2) is 54.2 Å². The predicted octanol–water partition coefficient (Wildman–Crippen LogP) is 2.55. The molecule has 1 saturated heterocycles. The number of Topliss-reactive ketones (excluding diaryl/α,β-unsaturated/α-hetero) is 1. The fraction of sp³-hybridized carbons (Fsp3) is 0.286. The number of aromatic nitrogens is 1. The summed E-state index contributed by atoms with van der Waals surface area (Å²) in [5.41, 5.74) is 0.948. The molecular weight excluding hydrogens is 360 g/mol. The van der Waals surface area contributed by atoms with Crippen molar-refractivity contribution in [2.24, 2.45) is 0 Å². The summed E-state index contributed by atoms with van der Waals surface area (Å²) in [6.07, 6.45) is 1.59. The molecule has 0 aliphatic carbocycles. The highest BCUT2D eigenvalue weighted by Crippen LogP contribution is 2.38. The highest BCUT2D eigenvalue weighted by molar-refractivity contribution is 6.46.